The summed E-state index contributed by atoms with van der Waals surface area (Å²) in [6.07, 6.45) is 3.32. The van der Waals surface area contributed by atoms with E-state index in [2.05, 4.69) is 36.0 Å². The maximum Gasteiger partial charge on any atom is 0.227 e. The molecule has 1 aromatic heterocycles. The first-order valence-corrected chi connectivity index (χ1v) is 10.2. The lowest BCUT2D eigenvalue weighted by molar-refractivity contribution is 0.356. The summed E-state index contributed by atoms with van der Waals surface area (Å²) in [5, 5.41) is 4.55. The van der Waals surface area contributed by atoms with Gasteiger partial charge in [-0.1, -0.05) is 13.3 Å². The lowest BCUT2D eigenvalue weighted by Gasteiger charge is -2.23. The Morgan fingerprint density at radius 2 is 1.82 bits per heavy atom. The highest BCUT2D eigenvalue weighted by molar-refractivity contribution is 5.92. The van der Waals surface area contributed by atoms with Gasteiger partial charge in [0.25, 0.3) is 0 Å². The second-order valence-electron chi connectivity index (χ2n) is 7.57. The van der Waals surface area contributed by atoms with Gasteiger partial charge in [-0.05, 0) is 39.4 Å². The molecule has 1 saturated heterocycles. The van der Waals surface area contributed by atoms with Gasteiger partial charge < -0.3 is 24.6 Å². The van der Waals surface area contributed by atoms with Crippen molar-refractivity contribution < 1.29 is 9.47 Å². The first kappa shape index (κ1) is 20.5. The molecule has 0 spiro atoms. The van der Waals surface area contributed by atoms with Crippen molar-refractivity contribution >= 4 is 22.7 Å². The molecule has 1 fully saturated rings. The van der Waals surface area contributed by atoms with E-state index in [9.17, 15) is 0 Å². The maximum absolute atomic E-state index is 5.50. The SMILES string of the molecule is CCCC(C)Nc1nc(N2CCCN(C)CC2)nc2cc(OC)c(OC)cc12. The number of hydrogen-bond acceptors (Lipinski definition) is 7. The van der Waals surface area contributed by atoms with E-state index in [1.54, 1.807) is 14.2 Å². The van der Waals surface area contributed by atoms with Crippen molar-refractivity contribution in [3.8, 4) is 11.5 Å². The fraction of sp³-hybridized carbons (Fsp3) is 0.619. The number of methoxy groups -OCH3 is 2. The highest BCUT2D eigenvalue weighted by Crippen LogP contribution is 2.35. The number of anilines is 2. The Labute approximate surface area is 168 Å². The molecule has 1 unspecified atom stereocenters. The number of nitrogens with one attached hydrogen (secondary N) is 1. The monoisotopic (exact) mass is 387 g/mol. The van der Waals surface area contributed by atoms with Gasteiger partial charge in [0.1, 0.15) is 5.82 Å². The van der Waals surface area contributed by atoms with Crippen LogP contribution in [-0.4, -0.2) is 68.4 Å². The summed E-state index contributed by atoms with van der Waals surface area (Å²) >= 11 is 0. The number of hydrogen-bond donors (Lipinski definition) is 1. The van der Waals surface area contributed by atoms with Gasteiger partial charge >= 0.3 is 0 Å². The molecule has 1 atom stereocenters. The third-order valence-electron chi connectivity index (χ3n) is 5.30. The molecule has 0 aliphatic carbocycles. The van der Waals surface area contributed by atoms with Gasteiger partial charge in [-0.25, -0.2) is 4.98 Å². The molecule has 1 aromatic carbocycles. The molecular formula is C21H33N5O2. The molecule has 0 bridgehead atoms. The number of fused-ring (bicyclic) bond motifs is 1. The Bertz CT molecular complexity index is 798. The van der Waals surface area contributed by atoms with Crippen molar-refractivity contribution in [1.82, 2.24) is 14.9 Å². The Morgan fingerprint density at radius 1 is 1.07 bits per heavy atom. The fourth-order valence-electron chi connectivity index (χ4n) is 3.68. The van der Waals surface area contributed by atoms with Crippen LogP contribution in [0.5, 0.6) is 11.5 Å². The second-order valence-corrected chi connectivity index (χ2v) is 7.57. The molecule has 28 heavy (non-hydrogen) atoms. The van der Waals surface area contributed by atoms with Crippen molar-refractivity contribution in [2.24, 2.45) is 0 Å². The summed E-state index contributed by atoms with van der Waals surface area (Å²) in [6.45, 7) is 8.41. The van der Waals surface area contributed by atoms with Gasteiger partial charge in [-0.15, -0.1) is 0 Å². The maximum atomic E-state index is 5.50. The van der Waals surface area contributed by atoms with E-state index >= 15 is 0 Å². The molecule has 1 aliphatic heterocycles. The van der Waals surface area contributed by atoms with Crippen LogP contribution in [0.1, 0.15) is 33.1 Å². The standard InChI is InChI=1S/C21H33N5O2/c1-6-8-15(2)22-20-16-13-18(27-4)19(28-5)14-17(16)23-21(24-20)26-10-7-9-25(3)11-12-26/h13-15H,6-12H2,1-5H3,(H,22,23,24). The second kappa shape index (κ2) is 9.28. The summed E-state index contributed by atoms with van der Waals surface area (Å²) in [7, 11) is 5.47. The van der Waals surface area contributed by atoms with Crippen molar-refractivity contribution in [3.63, 3.8) is 0 Å². The molecule has 1 aliphatic rings. The average molecular weight is 388 g/mol. The zero-order valence-electron chi connectivity index (χ0n) is 17.8. The minimum Gasteiger partial charge on any atom is -0.493 e. The van der Waals surface area contributed by atoms with E-state index in [0.717, 1.165) is 68.1 Å². The van der Waals surface area contributed by atoms with Gasteiger partial charge in [0.15, 0.2) is 11.5 Å². The van der Waals surface area contributed by atoms with Crippen LogP contribution in [0.15, 0.2) is 12.1 Å². The highest BCUT2D eigenvalue weighted by atomic mass is 16.5. The number of likely N-dealkylation sites (N-methyl/N-ethyl adjacent to an activating group) is 1. The van der Waals surface area contributed by atoms with Crippen LogP contribution >= 0.6 is 0 Å². The van der Waals surface area contributed by atoms with Gasteiger partial charge in [0.2, 0.25) is 5.95 Å². The van der Waals surface area contributed by atoms with Gasteiger partial charge in [0.05, 0.1) is 19.7 Å². The fourth-order valence-corrected chi connectivity index (χ4v) is 3.68. The molecule has 2 heterocycles. The Hall–Kier alpha value is -2.28. The minimum absolute atomic E-state index is 0.333. The smallest absolute Gasteiger partial charge is 0.227 e. The van der Waals surface area contributed by atoms with E-state index in [0.29, 0.717) is 17.5 Å². The van der Waals surface area contributed by atoms with Crippen LogP contribution in [0.25, 0.3) is 10.9 Å². The van der Waals surface area contributed by atoms with Crippen LogP contribution < -0.4 is 19.7 Å². The lowest BCUT2D eigenvalue weighted by atomic mass is 10.1. The Balaban J connectivity index is 2.06. The van der Waals surface area contributed by atoms with Crippen molar-refractivity contribution in [2.45, 2.75) is 39.2 Å². The van der Waals surface area contributed by atoms with E-state index in [1.807, 2.05) is 12.1 Å². The average Bonchev–Trinajstić information content (AvgIpc) is 2.91. The van der Waals surface area contributed by atoms with E-state index < -0.39 is 0 Å². The van der Waals surface area contributed by atoms with Gasteiger partial charge in [-0.2, -0.15) is 4.98 Å². The van der Waals surface area contributed by atoms with Crippen molar-refractivity contribution in [2.75, 3.05) is 57.7 Å². The molecule has 2 aromatic rings. The zero-order valence-corrected chi connectivity index (χ0v) is 17.8. The normalized spacial score (nSPS) is 16.7. The highest BCUT2D eigenvalue weighted by Gasteiger charge is 2.19. The number of benzene rings is 1. The van der Waals surface area contributed by atoms with Crippen LogP contribution in [-0.2, 0) is 0 Å². The topological polar surface area (TPSA) is 62.8 Å². The largest absolute Gasteiger partial charge is 0.493 e. The minimum atomic E-state index is 0.333. The predicted octanol–water partition coefficient (Wildman–Crippen LogP) is 3.39. The molecule has 0 amide bonds. The summed E-state index contributed by atoms with van der Waals surface area (Å²) in [5.41, 5.74) is 0.867. The third-order valence-corrected chi connectivity index (χ3v) is 5.30. The first-order chi connectivity index (χ1) is 13.5. The van der Waals surface area contributed by atoms with Gasteiger partial charge in [0, 0.05) is 37.1 Å². The molecule has 7 heteroatoms. The summed E-state index contributed by atoms with van der Waals surface area (Å²) < 4.78 is 11.0. The Kier molecular flexibility index (Phi) is 6.78. The zero-order chi connectivity index (χ0) is 20.1. The molecule has 154 valence electrons. The van der Waals surface area contributed by atoms with Crippen LogP contribution in [0.4, 0.5) is 11.8 Å². The predicted molar refractivity (Wildman–Crippen MR) is 115 cm³/mol. The number of rotatable bonds is 7. The molecule has 0 saturated carbocycles. The molecule has 0 radical (unpaired) electrons. The molecule has 3 rings (SSSR count). The third kappa shape index (κ3) is 4.58. The first-order valence-electron chi connectivity index (χ1n) is 10.2. The summed E-state index contributed by atoms with van der Waals surface area (Å²) in [5.74, 6) is 3.01. The number of ether oxygens (including phenoxy) is 2. The summed E-state index contributed by atoms with van der Waals surface area (Å²) in [6, 6.07) is 4.24. The lowest BCUT2D eigenvalue weighted by Crippen LogP contribution is -2.30. The van der Waals surface area contributed by atoms with Gasteiger partial charge in [-0.3, -0.25) is 0 Å². The molecule has 1 N–H and O–H groups in total. The van der Waals surface area contributed by atoms with Crippen molar-refractivity contribution in [1.29, 1.82) is 0 Å². The van der Waals surface area contributed by atoms with Crippen LogP contribution in [0.3, 0.4) is 0 Å². The Morgan fingerprint density at radius 3 is 2.54 bits per heavy atom. The van der Waals surface area contributed by atoms with Crippen LogP contribution in [0, 0.1) is 0 Å². The number of aromatic nitrogens is 2. The summed E-state index contributed by atoms with van der Waals surface area (Å²) in [4.78, 5) is 14.5. The number of nitrogens with zero attached hydrogens (tertiary/aromatic N) is 4. The molecule has 7 nitrogen and oxygen atoms in total. The molecular weight excluding hydrogens is 354 g/mol. The van der Waals surface area contributed by atoms with Crippen LogP contribution in [0.2, 0.25) is 0 Å². The van der Waals surface area contributed by atoms with E-state index in [-0.39, 0.29) is 0 Å². The quantitative estimate of drug-likeness (QED) is 0.781. The van der Waals surface area contributed by atoms with E-state index in [4.69, 9.17) is 19.4 Å². The van der Waals surface area contributed by atoms with Crippen molar-refractivity contribution in [3.05, 3.63) is 12.1 Å². The van der Waals surface area contributed by atoms with E-state index in [1.165, 1.54) is 0 Å².